The van der Waals surface area contributed by atoms with Crippen LogP contribution in [0.5, 0.6) is 0 Å². The fraction of sp³-hybridized carbons (Fsp3) is 0.786. The maximum atomic E-state index is 6.18. The molecule has 2 aliphatic rings. The van der Waals surface area contributed by atoms with Crippen molar-refractivity contribution < 1.29 is 0 Å². The molecule has 2 fully saturated rings. The Kier molecular flexibility index (Phi) is 3.39. The summed E-state index contributed by atoms with van der Waals surface area (Å²) in [5, 5.41) is 8.11. The minimum atomic E-state index is 0.543. The summed E-state index contributed by atoms with van der Waals surface area (Å²) in [6, 6.07) is 1.33. The zero-order chi connectivity index (χ0) is 13.4. The second-order valence-electron chi connectivity index (χ2n) is 5.88. The molecule has 0 aromatic carbocycles. The quantitative estimate of drug-likeness (QED) is 0.869. The number of rotatable bonds is 3. The smallest absolute Gasteiger partial charge is 0.147 e. The van der Waals surface area contributed by atoms with E-state index in [0.717, 1.165) is 29.7 Å². The maximum Gasteiger partial charge on any atom is 0.147 e. The van der Waals surface area contributed by atoms with Gasteiger partial charge in [0.1, 0.15) is 5.82 Å². The summed E-state index contributed by atoms with van der Waals surface area (Å²) in [4.78, 5) is 2.64. The van der Waals surface area contributed by atoms with Gasteiger partial charge in [0.15, 0.2) is 0 Å². The second-order valence-corrected chi connectivity index (χ2v) is 5.88. The Bertz CT molecular complexity index is 453. The summed E-state index contributed by atoms with van der Waals surface area (Å²) in [7, 11) is 1.97. The van der Waals surface area contributed by atoms with E-state index in [1.807, 2.05) is 11.7 Å². The van der Waals surface area contributed by atoms with Crippen molar-refractivity contribution in [2.75, 3.05) is 24.1 Å². The molecule has 0 saturated carbocycles. The molecule has 106 valence electrons. The van der Waals surface area contributed by atoms with Crippen LogP contribution in [-0.4, -0.2) is 39.9 Å². The molecule has 2 atom stereocenters. The number of hydrogen-bond acceptors (Lipinski definition) is 4. The van der Waals surface area contributed by atoms with E-state index in [-0.39, 0.29) is 0 Å². The highest BCUT2D eigenvalue weighted by atomic mass is 15.3. The van der Waals surface area contributed by atoms with Crippen LogP contribution in [0, 0.1) is 0 Å². The Labute approximate surface area is 115 Å². The van der Waals surface area contributed by atoms with Crippen LogP contribution in [0.4, 0.5) is 11.5 Å². The molecule has 1 aromatic heterocycles. The van der Waals surface area contributed by atoms with Gasteiger partial charge in [0.2, 0.25) is 0 Å². The largest absolute Gasteiger partial charge is 0.394 e. The highest BCUT2D eigenvalue weighted by molar-refractivity contribution is 5.65. The van der Waals surface area contributed by atoms with Gasteiger partial charge in [0, 0.05) is 25.7 Å². The molecular formula is C14H25N5. The van der Waals surface area contributed by atoms with Crippen molar-refractivity contribution in [3.63, 3.8) is 0 Å². The van der Waals surface area contributed by atoms with Gasteiger partial charge in [-0.25, -0.2) is 0 Å². The Morgan fingerprint density at radius 2 is 2.21 bits per heavy atom. The predicted molar refractivity (Wildman–Crippen MR) is 78.2 cm³/mol. The molecule has 3 rings (SSSR count). The molecule has 3 heterocycles. The molecule has 5 nitrogen and oxygen atoms in total. The first-order chi connectivity index (χ1) is 9.19. The van der Waals surface area contributed by atoms with Gasteiger partial charge < -0.3 is 16.0 Å². The fourth-order valence-corrected chi connectivity index (χ4v) is 3.58. The lowest BCUT2D eigenvalue weighted by Crippen LogP contribution is -2.43. The SMILES string of the molecule is CCc1nn(C)c(NC2CCN3CCCC3C2)c1N. The first-order valence-corrected chi connectivity index (χ1v) is 7.51. The molecule has 0 bridgehead atoms. The normalized spacial score (nSPS) is 27.5. The molecular weight excluding hydrogens is 238 g/mol. The van der Waals surface area contributed by atoms with Crippen molar-refractivity contribution >= 4 is 11.5 Å². The molecule has 3 N–H and O–H groups in total. The third-order valence-electron chi connectivity index (χ3n) is 4.66. The second kappa shape index (κ2) is 5.04. The van der Waals surface area contributed by atoms with Crippen molar-refractivity contribution in [1.82, 2.24) is 14.7 Å². The molecule has 0 radical (unpaired) electrons. The average Bonchev–Trinajstić information content (AvgIpc) is 2.97. The van der Waals surface area contributed by atoms with Gasteiger partial charge in [-0.3, -0.25) is 4.68 Å². The van der Waals surface area contributed by atoms with Crippen LogP contribution in [-0.2, 0) is 13.5 Å². The van der Waals surface area contributed by atoms with E-state index < -0.39 is 0 Å². The number of anilines is 2. The van der Waals surface area contributed by atoms with Gasteiger partial charge in [-0.05, 0) is 38.6 Å². The molecule has 0 aliphatic carbocycles. The first-order valence-electron chi connectivity index (χ1n) is 7.51. The minimum Gasteiger partial charge on any atom is -0.394 e. The monoisotopic (exact) mass is 263 g/mol. The Balaban J connectivity index is 1.70. The van der Waals surface area contributed by atoms with Crippen LogP contribution >= 0.6 is 0 Å². The van der Waals surface area contributed by atoms with Crippen LogP contribution in [0.2, 0.25) is 0 Å². The topological polar surface area (TPSA) is 59.1 Å². The molecule has 0 spiro atoms. The van der Waals surface area contributed by atoms with Gasteiger partial charge >= 0.3 is 0 Å². The van der Waals surface area contributed by atoms with E-state index in [2.05, 4.69) is 22.2 Å². The van der Waals surface area contributed by atoms with Crippen molar-refractivity contribution in [2.24, 2.45) is 7.05 Å². The fourth-order valence-electron chi connectivity index (χ4n) is 3.58. The van der Waals surface area contributed by atoms with E-state index in [4.69, 9.17) is 5.73 Å². The number of nitrogens with zero attached hydrogens (tertiary/aromatic N) is 3. The third kappa shape index (κ3) is 2.31. The zero-order valence-corrected chi connectivity index (χ0v) is 12.0. The standard InChI is InChI=1S/C14H25N5/c1-3-12-13(15)14(18(2)17-12)16-10-6-8-19-7-4-5-11(19)9-10/h10-11,16H,3-9,15H2,1-2H3. The van der Waals surface area contributed by atoms with Crippen LogP contribution < -0.4 is 11.1 Å². The summed E-state index contributed by atoms with van der Waals surface area (Å²) < 4.78 is 1.90. The van der Waals surface area contributed by atoms with Gasteiger partial charge in [0.25, 0.3) is 0 Å². The molecule has 2 saturated heterocycles. The molecule has 5 heteroatoms. The number of nitrogens with one attached hydrogen (secondary N) is 1. The van der Waals surface area contributed by atoms with Crippen LogP contribution in [0.3, 0.4) is 0 Å². The molecule has 19 heavy (non-hydrogen) atoms. The Morgan fingerprint density at radius 3 is 2.95 bits per heavy atom. The maximum absolute atomic E-state index is 6.18. The highest BCUT2D eigenvalue weighted by Crippen LogP contribution is 2.30. The molecule has 1 aromatic rings. The Hall–Kier alpha value is -1.23. The number of aryl methyl sites for hydroxylation is 2. The van der Waals surface area contributed by atoms with Crippen molar-refractivity contribution in [2.45, 2.75) is 51.1 Å². The van der Waals surface area contributed by atoms with Crippen molar-refractivity contribution in [3.8, 4) is 0 Å². The molecule has 0 amide bonds. The lowest BCUT2D eigenvalue weighted by molar-refractivity contribution is 0.188. The van der Waals surface area contributed by atoms with E-state index in [1.54, 1.807) is 0 Å². The van der Waals surface area contributed by atoms with Crippen molar-refractivity contribution in [1.29, 1.82) is 0 Å². The number of hydrogen-bond donors (Lipinski definition) is 2. The van der Waals surface area contributed by atoms with E-state index >= 15 is 0 Å². The number of aromatic nitrogens is 2. The molecule has 2 unspecified atom stereocenters. The lowest BCUT2D eigenvalue weighted by Gasteiger charge is -2.35. The number of nitrogen functional groups attached to an aromatic ring is 1. The number of fused-ring (bicyclic) bond motifs is 1. The Morgan fingerprint density at radius 1 is 1.37 bits per heavy atom. The van der Waals surface area contributed by atoms with Crippen molar-refractivity contribution in [3.05, 3.63) is 5.69 Å². The highest BCUT2D eigenvalue weighted by Gasteiger charge is 2.32. The summed E-state index contributed by atoms with van der Waals surface area (Å²) >= 11 is 0. The van der Waals surface area contributed by atoms with Gasteiger partial charge in [-0.1, -0.05) is 6.92 Å². The summed E-state index contributed by atoms with van der Waals surface area (Å²) in [5.41, 5.74) is 8.02. The number of nitrogens with two attached hydrogens (primary N) is 1. The summed E-state index contributed by atoms with van der Waals surface area (Å²) in [5.74, 6) is 1.01. The predicted octanol–water partition coefficient (Wildman–Crippen LogP) is 1.60. The van der Waals surface area contributed by atoms with E-state index in [1.165, 1.54) is 38.8 Å². The van der Waals surface area contributed by atoms with Gasteiger partial charge in [-0.15, -0.1) is 0 Å². The summed E-state index contributed by atoms with van der Waals surface area (Å²) in [6.45, 7) is 4.62. The van der Waals surface area contributed by atoms with E-state index in [0.29, 0.717) is 6.04 Å². The van der Waals surface area contributed by atoms with Crippen LogP contribution in [0.25, 0.3) is 0 Å². The summed E-state index contributed by atoms with van der Waals surface area (Å²) in [6.07, 6.45) is 6.07. The zero-order valence-electron chi connectivity index (χ0n) is 12.0. The van der Waals surface area contributed by atoms with Crippen LogP contribution in [0.15, 0.2) is 0 Å². The van der Waals surface area contributed by atoms with Gasteiger partial charge in [-0.2, -0.15) is 5.10 Å². The molecule has 2 aliphatic heterocycles. The van der Waals surface area contributed by atoms with E-state index in [9.17, 15) is 0 Å². The van der Waals surface area contributed by atoms with Gasteiger partial charge in [0.05, 0.1) is 11.4 Å². The average molecular weight is 263 g/mol. The lowest BCUT2D eigenvalue weighted by atomic mass is 9.97. The minimum absolute atomic E-state index is 0.543. The van der Waals surface area contributed by atoms with Crippen LogP contribution in [0.1, 0.15) is 38.3 Å². The third-order valence-corrected chi connectivity index (χ3v) is 4.66. The first kappa shape index (κ1) is 12.8. The number of piperidine rings is 1.